The van der Waals surface area contributed by atoms with Crippen molar-refractivity contribution in [2.45, 2.75) is 25.3 Å². The van der Waals surface area contributed by atoms with Crippen LogP contribution in [0.15, 0.2) is 18.2 Å². The molecular weight excluding hydrogens is 272 g/mol. The predicted molar refractivity (Wildman–Crippen MR) is 80.5 cm³/mol. The average molecular weight is 292 g/mol. The molecule has 114 valence electrons. The molecule has 1 aromatic rings. The summed E-state index contributed by atoms with van der Waals surface area (Å²) in [6.07, 6.45) is 3.06. The number of hydrogen-bond acceptors (Lipinski definition) is 5. The number of likely N-dealkylation sites (N-methyl/N-ethyl adjacent to an activating group) is 1. The number of nitrogens with two attached hydrogens (primary N) is 1. The van der Waals surface area contributed by atoms with Gasteiger partial charge in [-0.2, -0.15) is 0 Å². The first kappa shape index (κ1) is 15.2. The maximum atomic E-state index is 11.3. The van der Waals surface area contributed by atoms with Crippen molar-refractivity contribution in [3.63, 3.8) is 0 Å². The summed E-state index contributed by atoms with van der Waals surface area (Å²) in [5, 5.41) is 14.4. The molecule has 3 N–H and O–H groups in total. The summed E-state index contributed by atoms with van der Waals surface area (Å²) in [5.74, 6) is -0.576. The van der Waals surface area contributed by atoms with Crippen LogP contribution in [0.3, 0.4) is 0 Å². The number of amides is 1. The maximum absolute atomic E-state index is 11.3. The molecule has 7 nitrogen and oxygen atoms in total. The van der Waals surface area contributed by atoms with E-state index in [1.54, 1.807) is 0 Å². The van der Waals surface area contributed by atoms with E-state index in [9.17, 15) is 14.9 Å². The van der Waals surface area contributed by atoms with E-state index < -0.39 is 10.8 Å². The minimum absolute atomic E-state index is 0.0167. The highest BCUT2D eigenvalue weighted by Gasteiger charge is 2.28. The van der Waals surface area contributed by atoms with Crippen molar-refractivity contribution in [1.29, 1.82) is 0 Å². The number of nitrogens with zero attached hydrogens (tertiary/aromatic N) is 2. The van der Waals surface area contributed by atoms with Gasteiger partial charge in [-0.05, 0) is 38.4 Å². The topological polar surface area (TPSA) is 102 Å². The van der Waals surface area contributed by atoms with E-state index in [1.165, 1.54) is 18.2 Å². The van der Waals surface area contributed by atoms with Gasteiger partial charge in [0.2, 0.25) is 5.91 Å². The average Bonchev–Trinajstić information content (AvgIpc) is 2.47. The summed E-state index contributed by atoms with van der Waals surface area (Å²) in [6, 6.07) is 4.49. The number of nitrogens with one attached hydrogen (secondary N) is 1. The number of nitro benzene ring substituents is 1. The highest BCUT2D eigenvalue weighted by Crippen LogP contribution is 2.33. The first-order valence-corrected chi connectivity index (χ1v) is 7.04. The highest BCUT2D eigenvalue weighted by atomic mass is 16.6. The van der Waals surface area contributed by atoms with Crippen molar-refractivity contribution in [1.82, 2.24) is 5.32 Å². The quantitative estimate of drug-likeness (QED) is 0.628. The summed E-state index contributed by atoms with van der Waals surface area (Å²) in [6.45, 7) is 1.49. The summed E-state index contributed by atoms with van der Waals surface area (Å²) in [5.41, 5.74) is 6.09. The van der Waals surface area contributed by atoms with Crippen LogP contribution in [-0.4, -0.2) is 37.0 Å². The Morgan fingerprint density at radius 2 is 2.29 bits per heavy atom. The van der Waals surface area contributed by atoms with Crippen molar-refractivity contribution in [2.75, 3.05) is 25.0 Å². The van der Waals surface area contributed by atoms with Crippen LogP contribution in [0.4, 0.5) is 11.4 Å². The molecule has 0 bridgehead atoms. The number of nitro groups is 1. The van der Waals surface area contributed by atoms with Gasteiger partial charge < -0.3 is 16.0 Å². The molecule has 0 spiro atoms. The Kier molecular flexibility index (Phi) is 4.74. The zero-order chi connectivity index (χ0) is 15.4. The van der Waals surface area contributed by atoms with Gasteiger partial charge in [0.25, 0.3) is 5.69 Å². The summed E-state index contributed by atoms with van der Waals surface area (Å²) >= 11 is 0. The minimum atomic E-state index is -0.576. The van der Waals surface area contributed by atoms with Crippen LogP contribution in [0, 0.1) is 10.1 Å². The lowest BCUT2D eigenvalue weighted by Gasteiger charge is -2.37. The molecule has 1 fully saturated rings. The second-order valence-electron chi connectivity index (χ2n) is 5.23. The number of hydrogen-bond donors (Lipinski definition) is 2. The fraction of sp³-hybridized carbons (Fsp3) is 0.500. The van der Waals surface area contributed by atoms with Gasteiger partial charge in [-0.1, -0.05) is 0 Å². The smallest absolute Gasteiger partial charge is 0.292 e. The summed E-state index contributed by atoms with van der Waals surface area (Å²) in [7, 11) is 1.86. The molecule has 2 rings (SSSR count). The number of rotatable bonds is 5. The number of primary amides is 1. The largest absolute Gasteiger partial charge is 0.366 e. The summed E-state index contributed by atoms with van der Waals surface area (Å²) < 4.78 is 0. The zero-order valence-electron chi connectivity index (χ0n) is 12.0. The van der Waals surface area contributed by atoms with Crippen LogP contribution >= 0.6 is 0 Å². The van der Waals surface area contributed by atoms with Crippen LogP contribution in [0.2, 0.25) is 0 Å². The molecule has 1 heterocycles. The third-order valence-corrected chi connectivity index (χ3v) is 3.83. The Morgan fingerprint density at radius 3 is 2.90 bits per heavy atom. The monoisotopic (exact) mass is 292 g/mol. The Labute approximate surface area is 123 Å². The molecular formula is C14H20N4O3. The normalized spacial score (nSPS) is 18.5. The van der Waals surface area contributed by atoms with Gasteiger partial charge in [0.1, 0.15) is 5.69 Å². The van der Waals surface area contributed by atoms with Gasteiger partial charge in [0, 0.05) is 30.8 Å². The van der Waals surface area contributed by atoms with E-state index in [0.717, 1.165) is 32.4 Å². The van der Waals surface area contributed by atoms with Gasteiger partial charge in [0.05, 0.1) is 4.92 Å². The standard InChI is InChI=1S/C14H20N4O3/c1-16-9-11-4-2-3-7-17(11)13-8-10(14(15)19)5-6-12(13)18(20)21/h5-6,8,11,16H,2-4,7,9H2,1H3,(H2,15,19). The molecule has 1 unspecified atom stereocenters. The third-order valence-electron chi connectivity index (χ3n) is 3.83. The minimum Gasteiger partial charge on any atom is -0.366 e. The van der Waals surface area contributed by atoms with E-state index in [4.69, 9.17) is 5.73 Å². The molecule has 1 amide bonds. The van der Waals surface area contributed by atoms with E-state index in [0.29, 0.717) is 11.3 Å². The molecule has 1 aromatic carbocycles. The first-order valence-electron chi connectivity index (χ1n) is 7.04. The van der Waals surface area contributed by atoms with Crippen LogP contribution < -0.4 is 16.0 Å². The second kappa shape index (κ2) is 6.53. The molecule has 21 heavy (non-hydrogen) atoms. The lowest BCUT2D eigenvalue weighted by atomic mass is 10.00. The zero-order valence-corrected chi connectivity index (χ0v) is 12.0. The third kappa shape index (κ3) is 3.30. The Morgan fingerprint density at radius 1 is 1.52 bits per heavy atom. The van der Waals surface area contributed by atoms with Crippen molar-refractivity contribution in [3.05, 3.63) is 33.9 Å². The number of piperidine rings is 1. The lowest BCUT2D eigenvalue weighted by Crippen LogP contribution is -2.45. The molecule has 1 saturated heterocycles. The van der Waals surface area contributed by atoms with Crippen LogP contribution in [-0.2, 0) is 0 Å². The molecule has 0 radical (unpaired) electrons. The van der Waals surface area contributed by atoms with Crippen molar-refractivity contribution >= 4 is 17.3 Å². The van der Waals surface area contributed by atoms with Gasteiger partial charge in [-0.25, -0.2) is 0 Å². The Hall–Kier alpha value is -2.15. The van der Waals surface area contributed by atoms with E-state index in [-0.39, 0.29) is 11.7 Å². The molecule has 1 aliphatic heterocycles. The fourth-order valence-electron chi connectivity index (χ4n) is 2.83. The van der Waals surface area contributed by atoms with Crippen molar-refractivity contribution in [3.8, 4) is 0 Å². The second-order valence-corrected chi connectivity index (χ2v) is 5.23. The number of benzene rings is 1. The fourth-order valence-corrected chi connectivity index (χ4v) is 2.83. The number of anilines is 1. The lowest BCUT2D eigenvalue weighted by molar-refractivity contribution is -0.384. The van der Waals surface area contributed by atoms with Crippen LogP contribution in [0.1, 0.15) is 29.6 Å². The molecule has 7 heteroatoms. The van der Waals surface area contributed by atoms with E-state index in [2.05, 4.69) is 5.32 Å². The predicted octanol–water partition coefficient (Wildman–Crippen LogP) is 1.27. The Balaban J connectivity index is 2.44. The highest BCUT2D eigenvalue weighted by molar-refractivity contribution is 5.94. The molecule has 0 aliphatic carbocycles. The van der Waals surface area contributed by atoms with Crippen molar-refractivity contribution < 1.29 is 9.72 Å². The number of carbonyl (C=O) groups is 1. The van der Waals surface area contributed by atoms with Gasteiger partial charge in [-0.15, -0.1) is 0 Å². The van der Waals surface area contributed by atoms with Gasteiger partial charge in [0.15, 0.2) is 0 Å². The van der Waals surface area contributed by atoms with Crippen molar-refractivity contribution in [2.24, 2.45) is 5.73 Å². The van der Waals surface area contributed by atoms with E-state index >= 15 is 0 Å². The van der Waals surface area contributed by atoms with Gasteiger partial charge >= 0.3 is 0 Å². The van der Waals surface area contributed by atoms with Gasteiger partial charge in [-0.3, -0.25) is 14.9 Å². The van der Waals surface area contributed by atoms with Crippen LogP contribution in [0.25, 0.3) is 0 Å². The van der Waals surface area contributed by atoms with E-state index in [1.807, 2.05) is 11.9 Å². The Bertz CT molecular complexity index is 545. The van der Waals surface area contributed by atoms with Crippen LogP contribution in [0.5, 0.6) is 0 Å². The molecule has 1 atom stereocenters. The number of carbonyl (C=O) groups excluding carboxylic acids is 1. The molecule has 0 saturated carbocycles. The molecule has 1 aliphatic rings. The molecule has 0 aromatic heterocycles. The maximum Gasteiger partial charge on any atom is 0.292 e. The summed E-state index contributed by atoms with van der Waals surface area (Å²) in [4.78, 5) is 24.2. The first-order chi connectivity index (χ1) is 10.0. The SMILES string of the molecule is CNCC1CCCCN1c1cc(C(N)=O)ccc1[N+](=O)[O-].